The van der Waals surface area contributed by atoms with Crippen molar-refractivity contribution in [2.75, 3.05) is 0 Å². The first-order valence-electron chi connectivity index (χ1n) is 27.4. The van der Waals surface area contributed by atoms with Gasteiger partial charge in [0.2, 0.25) is 0 Å². The van der Waals surface area contributed by atoms with Gasteiger partial charge in [0.15, 0.2) is 0 Å². The van der Waals surface area contributed by atoms with E-state index in [4.69, 9.17) is 14.6 Å². The molecule has 0 fully saturated rings. The van der Waals surface area contributed by atoms with Gasteiger partial charge in [0.05, 0.1) is 38.9 Å². The van der Waals surface area contributed by atoms with E-state index in [1.807, 2.05) is 86.6 Å². The van der Waals surface area contributed by atoms with Crippen LogP contribution in [0.1, 0.15) is 117 Å². The average molecular weight is 887 g/mol. The van der Waals surface area contributed by atoms with Crippen LogP contribution in [0, 0.1) is 0 Å². The standard InChI is InChI=1S/C63H63N3O/c1-40(2)50-38-52(43-26-19-14-20-27-43)57(39-51(50)42-24-17-13-18-25-42)66-56-29-21-28-49(58(56)65-60(66)53-36-48(62(6,7)8)37-54(59(53)67)63(9,10)11)45-32-46(34-47(33-45)61(3,4)5)55-35-44(30-31-64-55)41-22-15-12-16-23-41/h12-40,67H,1-11H3/i12D,15D,16D,22D,23D,30D,31D,35D,40D. The Morgan fingerprint density at radius 2 is 1.18 bits per heavy atom. The highest BCUT2D eigenvalue weighted by molar-refractivity contribution is 5.98. The summed E-state index contributed by atoms with van der Waals surface area (Å²) in [5, 5.41) is 12.8. The molecule has 9 rings (SSSR count). The molecule has 0 aliphatic heterocycles. The summed E-state index contributed by atoms with van der Waals surface area (Å²) in [7, 11) is 0. The van der Waals surface area contributed by atoms with Crippen molar-refractivity contribution in [3.8, 4) is 78.6 Å². The van der Waals surface area contributed by atoms with Crippen molar-refractivity contribution < 1.29 is 17.4 Å². The fourth-order valence-corrected chi connectivity index (χ4v) is 8.77. The first-order valence-corrected chi connectivity index (χ1v) is 22.9. The molecule has 9 aromatic rings. The van der Waals surface area contributed by atoms with Gasteiger partial charge in [-0.2, -0.15) is 0 Å². The molecular formula is C63H63N3O. The van der Waals surface area contributed by atoms with Crippen LogP contribution in [0.3, 0.4) is 0 Å². The van der Waals surface area contributed by atoms with E-state index in [0.29, 0.717) is 33.6 Å². The monoisotopic (exact) mass is 887 g/mol. The minimum Gasteiger partial charge on any atom is -0.507 e. The molecule has 2 aromatic heterocycles. The number of fused-ring (bicyclic) bond motifs is 1. The Morgan fingerprint density at radius 3 is 1.81 bits per heavy atom. The Morgan fingerprint density at radius 1 is 0.552 bits per heavy atom. The fourth-order valence-electron chi connectivity index (χ4n) is 8.77. The molecule has 336 valence electrons. The Labute approximate surface area is 410 Å². The van der Waals surface area contributed by atoms with Crippen LogP contribution in [0.5, 0.6) is 5.75 Å². The quantitative estimate of drug-likeness (QED) is 0.165. The maximum Gasteiger partial charge on any atom is 0.149 e. The summed E-state index contributed by atoms with van der Waals surface area (Å²) in [5.41, 5.74) is 9.62. The van der Waals surface area contributed by atoms with Gasteiger partial charge < -0.3 is 5.11 Å². The van der Waals surface area contributed by atoms with Gasteiger partial charge in [-0.3, -0.25) is 9.55 Å². The van der Waals surface area contributed by atoms with Gasteiger partial charge in [0.25, 0.3) is 0 Å². The summed E-state index contributed by atoms with van der Waals surface area (Å²) in [6.45, 7) is 22.7. The number of pyridine rings is 1. The summed E-state index contributed by atoms with van der Waals surface area (Å²) in [6, 6.07) is 36.5. The minimum absolute atomic E-state index is 0.00512. The number of aromatic hydroxyl groups is 1. The average Bonchev–Trinajstić information content (AvgIpc) is 3.79. The molecule has 0 saturated heterocycles. The summed E-state index contributed by atoms with van der Waals surface area (Å²) in [6.07, 6.45) is -0.517. The van der Waals surface area contributed by atoms with Crippen LogP contribution in [0.4, 0.5) is 0 Å². The zero-order chi connectivity index (χ0) is 55.3. The number of hydrogen-bond donors (Lipinski definition) is 1. The Bertz CT molecular complexity index is 3750. The molecule has 4 nitrogen and oxygen atoms in total. The molecule has 0 aliphatic rings. The molecule has 0 bridgehead atoms. The highest BCUT2D eigenvalue weighted by Gasteiger charge is 2.30. The van der Waals surface area contributed by atoms with Crippen LogP contribution in [-0.2, 0) is 16.2 Å². The third kappa shape index (κ3) is 8.86. The van der Waals surface area contributed by atoms with Crippen LogP contribution in [0.2, 0.25) is 0 Å². The Hall–Kier alpha value is -7.04. The molecular weight excluding hydrogens is 815 g/mol. The number of imidazole rings is 1. The Kier molecular flexibility index (Phi) is 9.09. The predicted octanol–water partition coefficient (Wildman–Crippen LogP) is 17.1. The molecule has 0 spiro atoms. The molecule has 2 heterocycles. The van der Waals surface area contributed by atoms with Crippen molar-refractivity contribution in [2.45, 2.75) is 98.3 Å². The summed E-state index contributed by atoms with van der Waals surface area (Å²) < 4.78 is 81.8. The maximum atomic E-state index is 12.8. The first kappa shape index (κ1) is 35.2. The van der Waals surface area contributed by atoms with E-state index in [-0.39, 0.29) is 34.0 Å². The second-order valence-electron chi connectivity index (χ2n) is 20.8. The highest BCUT2D eigenvalue weighted by atomic mass is 16.3. The van der Waals surface area contributed by atoms with Crippen LogP contribution < -0.4 is 0 Å². The number of phenols is 1. The van der Waals surface area contributed by atoms with Crippen molar-refractivity contribution in [2.24, 2.45) is 0 Å². The number of phenolic OH excluding ortho intramolecular Hbond substituents is 1. The van der Waals surface area contributed by atoms with Crippen LogP contribution in [-0.4, -0.2) is 19.6 Å². The van der Waals surface area contributed by atoms with Crippen molar-refractivity contribution in [3.05, 3.63) is 192 Å². The zero-order valence-corrected chi connectivity index (χ0v) is 40.3. The number of para-hydroxylation sites is 1. The van der Waals surface area contributed by atoms with Gasteiger partial charge in [0.1, 0.15) is 11.6 Å². The van der Waals surface area contributed by atoms with E-state index in [0.717, 1.165) is 55.7 Å². The largest absolute Gasteiger partial charge is 0.507 e. The fraction of sp³-hybridized carbons (Fsp3) is 0.238. The molecule has 0 amide bonds. The van der Waals surface area contributed by atoms with Gasteiger partial charge >= 0.3 is 0 Å². The SMILES string of the molecule is [2H]c1nc(-c2cc(-c3cccc4c3nc(-c3cc(C(C)(C)C)cc(C(C)(C)C)c3O)n4-c3cc(-c4ccccc4)c(C([2H])(C)C)cc3-c3ccccc3)cc(C(C)(C)C)c2)c([2H])c(-c2c([2H])c([2H])c([2H])c([2H])c2[2H])c1[2H]. The number of rotatable bonds is 8. The molecule has 67 heavy (non-hydrogen) atoms. The zero-order valence-electron chi connectivity index (χ0n) is 49.3. The van der Waals surface area contributed by atoms with Crippen LogP contribution >= 0.6 is 0 Å². The van der Waals surface area contributed by atoms with Crippen LogP contribution in [0.15, 0.2) is 170 Å². The topological polar surface area (TPSA) is 50.9 Å². The van der Waals surface area contributed by atoms with Crippen molar-refractivity contribution in [1.29, 1.82) is 0 Å². The van der Waals surface area contributed by atoms with E-state index >= 15 is 0 Å². The third-order valence-electron chi connectivity index (χ3n) is 12.5. The first-order chi connectivity index (χ1) is 35.5. The smallest absolute Gasteiger partial charge is 0.149 e. The Balaban J connectivity index is 1.43. The predicted molar refractivity (Wildman–Crippen MR) is 283 cm³/mol. The lowest BCUT2D eigenvalue weighted by molar-refractivity contribution is 0.446. The lowest BCUT2D eigenvalue weighted by Crippen LogP contribution is -2.17. The number of hydrogen-bond acceptors (Lipinski definition) is 3. The molecule has 0 aliphatic carbocycles. The maximum absolute atomic E-state index is 12.8. The van der Waals surface area contributed by atoms with Crippen LogP contribution in [0.25, 0.3) is 83.9 Å². The molecule has 0 radical (unpaired) electrons. The van der Waals surface area contributed by atoms with Crippen molar-refractivity contribution >= 4 is 11.0 Å². The normalized spacial score (nSPS) is 14.3. The molecule has 0 unspecified atom stereocenters. The number of aromatic nitrogens is 3. The number of nitrogens with zero attached hydrogens (tertiary/aromatic N) is 3. The molecule has 0 atom stereocenters. The van der Waals surface area contributed by atoms with Crippen molar-refractivity contribution in [1.82, 2.24) is 14.5 Å². The van der Waals surface area contributed by atoms with E-state index < -0.39 is 59.2 Å². The second-order valence-corrected chi connectivity index (χ2v) is 20.8. The van der Waals surface area contributed by atoms with E-state index in [2.05, 4.69) is 120 Å². The summed E-state index contributed by atoms with van der Waals surface area (Å²) in [4.78, 5) is 10.2. The van der Waals surface area contributed by atoms with E-state index in [1.165, 1.54) is 0 Å². The lowest BCUT2D eigenvalue weighted by atomic mass is 9.79. The van der Waals surface area contributed by atoms with Gasteiger partial charge in [-0.15, -0.1) is 0 Å². The van der Waals surface area contributed by atoms with Gasteiger partial charge in [-0.1, -0.05) is 191 Å². The van der Waals surface area contributed by atoms with E-state index in [1.54, 1.807) is 0 Å². The number of benzene rings is 7. The summed E-state index contributed by atoms with van der Waals surface area (Å²) in [5.74, 6) is -0.416. The molecule has 4 heteroatoms. The van der Waals surface area contributed by atoms with Gasteiger partial charge in [0, 0.05) is 29.8 Å². The lowest BCUT2D eigenvalue weighted by Gasteiger charge is -2.28. The third-order valence-corrected chi connectivity index (χ3v) is 12.5. The highest BCUT2D eigenvalue weighted by Crippen LogP contribution is 2.47. The molecule has 7 aromatic carbocycles. The molecule has 0 saturated carbocycles. The van der Waals surface area contributed by atoms with E-state index in [9.17, 15) is 7.85 Å². The minimum atomic E-state index is -1.01. The van der Waals surface area contributed by atoms with Gasteiger partial charge in [-0.25, -0.2) is 4.98 Å². The summed E-state index contributed by atoms with van der Waals surface area (Å²) >= 11 is 0. The van der Waals surface area contributed by atoms with Crippen molar-refractivity contribution in [3.63, 3.8) is 0 Å². The second kappa shape index (κ2) is 17.3. The van der Waals surface area contributed by atoms with Gasteiger partial charge in [-0.05, 0) is 121 Å². The molecule has 1 N–H and O–H groups in total.